The van der Waals surface area contributed by atoms with E-state index in [0.717, 1.165) is 0 Å². The van der Waals surface area contributed by atoms with Gasteiger partial charge in [0.05, 0.1) is 19.4 Å². The van der Waals surface area contributed by atoms with Crippen molar-refractivity contribution >= 4 is 5.91 Å². The quantitative estimate of drug-likeness (QED) is 0.885. The highest BCUT2D eigenvalue weighted by Crippen LogP contribution is 2.26. The molecule has 0 radical (unpaired) electrons. The zero-order valence-electron chi connectivity index (χ0n) is 10.7. The highest BCUT2D eigenvalue weighted by atomic mass is 19.1. The summed E-state index contributed by atoms with van der Waals surface area (Å²) in [6.07, 6.45) is 1.67. The first kappa shape index (κ1) is 12.9. The molecule has 7 heteroatoms. The molecular weight excluding hydrogens is 265 g/mol. The minimum Gasteiger partial charge on any atom is -0.463 e. The van der Waals surface area contributed by atoms with Crippen molar-refractivity contribution in [1.29, 1.82) is 0 Å². The third-order valence-corrected chi connectivity index (χ3v) is 3.46. The van der Waals surface area contributed by atoms with Crippen LogP contribution in [0.5, 0.6) is 0 Å². The number of amides is 1. The molecule has 1 amide bonds. The Morgan fingerprint density at radius 2 is 2.50 bits per heavy atom. The van der Waals surface area contributed by atoms with E-state index in [0.29, 0.717) is 11.5 Å². The lowest BCUT2D eigenvalue weighted by atomic mass is 10.1. The van der Waals surface area contributed by atoms with Crippen LogP contribution < -0.4 is 0 Å². The van der Waals surface area contributed by atoms with E-state index in [1.54, 1.807) is 18.2 Å². The van der Waals surface area contributed by atoms with E-state index in [2.05, 4.69) is 10.2 Å². The molecule has 2 aromatic rings. The van der Waals surface area contributed by atoms with E-state index in [1.807, 2.05) is 0 Å². The number of carbonyl (C=O) groups excluding carboxylic acids is 1. The predicted molar refractivity (Wildman–Crippen MR) is 67.7 cm³/mol. The summed E-state index contributed by atoms with van der Waals surface area (Å²) in [7, 11) is 0. The molecule has 3 heterocycles. The lowest BCUT2D eigenvalue weighted by molar-refractivity contribution is 0.0627. The van der Waals surface area contributed by atoms with E-state index in [-0.39, 0.29) is 31.1 Å². The number of aromatic nitrogens is 2. The Kier molecular flexibility index (Phi) is 3.06. The van der Waals surface area contributed by atoms with Crippen molar-refractivity contribution in [1.82, 2.24) is 15.1 Å². The molecule has 0 saturated carbocycles. The Bertz CT molecular complexity index is 610. The van der Waals surface area contributed by atoms with Gasteiger partial charge in [-0.2, -0.15) is 5.10 Å². The van der Waals surface area contributed by atoms with Crippen LogP contribution in [-0.4, -0.2) is 51.5 Å². The lowest BCUT2D eigenvalue weighted by Crippen LogP contribution is -2.35. The number of likely N-dealkylation sites (tertiary alicyclic amines) is 1. The van der Waals surface area contributed by atoms with Gasteiger partial charge in [-0.1, -0.05) is 0 Å². The number of rotatable bonds is 3. The zero-order chi connectivity index (χ0) is 14.2. The maximum absolute atomic E-state index is 13.9. The summed E-state index contributed by atoms with van der Waals surface area (Å²) in [6, 6.07) is 5.05. The molecule has 1 fully saturated rings. The van der Waals surface area contributed by atoms with Gasteiger partial charge in [-0.05, 0) is 12.1 Å². The Morgan fingerprint density at radius 1 is 1.65 bits per heavy atom. The molecule has 0 spiro atoms. The van der Waals surface area contributed by atoms with Crippen LogP contribution >= 0.6 is 0 Å². The Labute approximate surface area is 114 Å². The number of nitrogens with zero attached hydrogens (tertiary/aromatic N) is 2. The average Bonchev–Trinajstić information content (AvgIpc) is 3.18. The molecule has 0 aromatic carbocycles. The standard InChI is InChI=1S/C13H14FN3O3/c14-13(8-18)3-4-17(7-13)12(19)10-6-9(15-16-10)11-2-1-5-20-11/h1-2,5-6,18H,3-4,7-8H2,(H,15,16). The van der Waals surface area contributed by atoms with Crippen molar-refractivity contribution in [2.75, 3.05) is 19.7 Å². The number of alkyl halides is 1. The molecule has 2 N–H and O–H groups in total. The second kappa shape index (κ2) is 4.75. The normalized spacial score (nSPS) is 22.4. The van der Waals surface area contributed by atoms with Crippen LogP contribution in [0.1, 0.15) is 16.9 Å². The van der Waals surface area contributed by atoms with E-state index >= 15 is 0 Å². The molecule has 1 saturated heterocycles. The maximum atomic E-state index is 13.9. The SMILES string of the molecule is O=C(c1cc(-c2ccco2)[nH]n1)N1CCC(F)(CO)C1. The van der Waals surface area contributed by atoms with Crippen LogP contribution in [-0.2, 0) is 0 Å². The smallest absolute Gasteiger partial charge is 0.274 e. The highest BCUT2D eigenvalue weighted by molar-refractivity contribution is 5.93. The predicted octanol–water partition coefficient (Wildman–Crippen LogP) is 1.22. The summed E-state index contributed by atoms with van der Waals surface area (Å²) in [5.41, 5.74) is -0.902. The second-order valence-electron chi connectivity index (χ2n) is 4.93. The number of H-pyrrole nitrogens is 1. The van der Waals surface area contributed by atoms with Crippen molar-refractivity contribution in [3.8, 4) is 11.5 Å². The summed E-state index contributed by atoms with van der Waals surface area (Å²) in [5, 5.41) is 15.6. The van der Waals surface area contributed by atoms with Crippen molar-refractivity contribution in [3.05, 3.63) is 30.2 Å². The average molecular weight is 279 g/mol. The number of hydrogen-bond acceptors (Lipinski definition) is 4. The third-order valence-electron chi connectivity index (χ3n) is 3.46. The topological polar surface area (TPSA) is 82.4 Å². The molecular formula is C13H14FN3O3. The molecule has 106 valence electrons. The van der Waals surface area contributed by atoms with Gasteiger partial charge < -0.3 is 14.4 Å². The van der Waals surface area contributed by atoms with Gasteiger partial charge in [0.1, 0.15) is 5.69 Å². The summed E-state index contributed by atoms with van der Waals surface area (Å²) >= 11 is 0. The highest BCUT2D eigenvalue weighted by Gasteiger charge is 2.40. The zero-order valence-corrected chi connectivity index (χ0v) is 10.7. The fourth-order valence-corrected chi connectivity index (χ4v) is 2.29. The summed E-state index contributed by atoms with van der Waals surface area (Å²) in [4.78, 5) is 13.6. The maximum Gasteiger partial charge on any atom is 0.274 e. The van der Waals surface area contributed by atoms with Crippen molar-refractivity contribution in [2.24, 2.45) is 0 Å². The van der Waals surface area contributed by atoms with E-state index in [4.69, 9.17) is 9.52 Å². The minimum absolute atomic E-state index is 0.106. The summed E-state index contributed by atoms with van der Waals surface area (Å²) in [5.74, 6) is 0.222. The largest absolute Gasteiger partial charge is 0.463 e. The number of carbonyl (C=O) groups is 1. The third kappa shape index (κ3) is 2.20. The van der Waals surface area contributed by atoms with E-state index in [9.17, 15) is 9.18 Å². The molecule has 6 nitrogen and oxygen atoms in total. The van der Waals surface area contributed by atoms with Crippen LogP contribution in [0, 0.1) is 0 Å². The minimum atomic E-state index is -1.70. The number of furan rings is 1. The van der Waals surface area contributed by atoms with Gasteiger partial charge in [0.25, 0.3) is 5.91 Å². The van der Waals surface area contributed by atoms with Crippen molar-refractivity contribution in [2.45, 2.75) is 12.1 Å². The van der Waals surface area contributed by atoms with Crippen LogP contribution in [0.15, 0.2) is 28.9 Å². The van der Waals surface area contributed by atoms with Gasteiger partial charge in [-0.15, -0.1) is 0 Å². The number of aliphatic hydroxyl groups is 1. The number of nitrogens with one attached hydrogen (secondary N) is 1. The monoisotopic (exact) mass is 279 g/mol. The molecule has 20 heavy (non-hydrogen) atoms. The molecule has 0 aliphatic carbocycles. The van der Waals surface area contributed by atoms with Crippen LogP contribution in [0.2, 0.25) is 0 Å². The van der Waals surface area contributed by atoms with Crippen LogP contribution in [0.3, 0.4) is 0 Å². The van der Waals surface area contributed by atoms with Gasteiger partial charge in [-0.3, -0.25) is 9.89 Å². The lowest BCUT2D eigenvalue weighted by Gasteiger charge is -2.17. The fourth-order valence-electron chi connectivity index (χ4n) is 2.29. The van der Waals surface area contributed by atoms with Crippen LogP contribution in [0.4, 0.5) is 4.39 Å². The molecule has 2 aromatic heterocycles. The Hall–Kier alpha value is -2.15. The summed E-state index contributed by atoms with van der Waals surface area (Å²) in [6.45, 7) is -0.404. The van der Waals surface area contributed by atoms with E-state index < -0.39 is 12.3 Å². The van der Waals surface area contributed by atoms with Gasteiger partial charge >= 0.3 is 0 Å². The molecule has 1 aliphatic rings. The van der Waals surface area contributed by atoms with Crippen LogP contribution in [0.25, 0.3) is 11.5 Å². The number of aromatic amines is 1. The molecule has 1 aliphatic heterocycles. The second-order valence-corrected chi connectivity index (χ2v) is 4.93. The number of halogens is 1. The van der Waals surface area contributed by atoms with Gasteiger partial charge in [0.2, 0.25) is 0 Å². The molecule has 1 unspecified atom stereocenters. The molecule has 1 atom stereocenters. The molecule has 0 bridgehead atoms. The Morgan fingerprint density at radius 3 is 3.15 bits per heavy atom. The fraction of sp³-hybridized carbons (Fsp3) is 0.385. The van der Waals surface area contributed by atoms with Gasteiger partial charge in [0.15, 0.2) is 17.1 Å². The first-order valence-electron chi connectivity index (χ1n) is 6.30. The first-order valence-corrected chi connectivity index (χ1v) is 6.30. The first-order chi connectivity index (χ1) is 9.61. The Balaban J connectivity index is 1.76. The summed E-state index contributed by atoms with van der Waals surface area (Å²) < 4.78 is 19.1. The molecule has 3 rings (SSSR count). The van der Waals surface area contributed by atoms with E-state index in [1.165, 1.54) is 11.2 Å². The number of aliphatic hydroxyl groups excluding tert-OH is 1. The number of hydrogen-bond donors (Lipinski definition) is 2. The van der Waals surface area contributed by atoms with Crippen molar-refractivity contribution < 1.29 is 18.7 Å². The van der Waals surface area contributed by atoms with Crippen molar-refractivity contribution in [3.63, 3.8) is 0 Å². The van der Waals surface area contributed by atoms with Gasteiger partial charge in [-0.25, -0.2) is 4.39 Å². The van der Waals surface area contributed by atoms with Gasteiger partial charge in [0, 0.05) is 19.0 Å².